The first-order valence-electron chi connectivity index (χ1n) is 14.2. The molecule has 38 heavy (non-hydrogen) atoms. The third-order valence-electron chi connectivity index (χ3n) is 7.69. The van der Waals surface area contributed by atoms with Crippen molar-refractivity contribution in [2.75, 3.05) is 33.2 Å². The fraction of sp³-hybridized carbons (Fsp3) is 0.690. The summed E-state index contributed by atoms with van der Waals surface area (Å²) in [4.78, 5) is 43.4. The Hall–Kier alpha value is -2.65. The lowest BCUT2D eigenvalue weighted by molar-refractivity contribution is -0.152. The van der Waals surface area contributed by atoms with Crippen LogP contribution in [0.2, 0.25) is 0 Å². The molecular formula is C29H47N5O4. The van der Waals surface area contributed by atoms with E-state index < -0.39 is 24.4 Å². The van der Waals surface area contributed by atoms with Crippen molar-refractivity contribution in [2.24, 2.45) is 11.8 Å². The Morgan fingerprint density at radius 2 is 1.82 bits per heavy atom. The number of alkyl carbamates (subject to hydrolysis) is 1. The van der Waals surface area contributed by atoms with Crippen LogP contribution in [0.15, 0.2) is 24.3 Å². The number of likely N-dealkylation sites (N-methyl/N-ethyl adjacent to an activating group) is 1. The Kier molecular flexibility index (Phi) is 11.0. The minimum Gasteiger partial charge on any atom is -0.424 e. The maximum atomic E-state index is 13.8. The van der Waals surface area contributed by atoms with E-state index in [0.29, 0.717) is 25.6 Å². The molecule has 1 aromatic carbocycles. The summed E-state index contributed by atoms with van der Waals surface area (Å²) in [5, 5.41) is 8.88. The maximum absolute atomic E-state index is 13.8. The quantitative estimate of drug-likeness (QED) is 0.431. The molecule has 1 aliphatic carbocycles. The van der Waals surface area contributed by atoms with E-state index in [9.17, 15) is 14.4 Å². The van der Waals surface area contributed by atoms with Gasteiger partial charge in [-0.3, -0.25) is 14.5 Å². The minimum atomic E-state index is -0.734. The lowest BCUT2D eigenvalue weighted by Gasteiger charge is -2.42. The molecule has 0 bridgehead atoms. The van der Waals surface area contributed by atoms with Gasteiger partial charge in [0.05, 0.1) is 18.6 Å². The molecular weight excluding hydrogens is 482 g/mol. The van der Waals surface area contributed by atoms with Gasteiger partial charge in [-0.1, -0.05) is 52.0 Å². The third-order valence-corrected chi connectivity index (χ3v) is 7.69. The number of hydrogen-bond acceptors (Lipinski definition) is 6. The van der Waals surface area contributed by atoms with Gasteiger partial charge in [-0.2, -0.15) is 0 Å². The number of carbonyl (C=O) groups excluding carboxylic acids is 3. The number of amides is 3. The molecule has 1 unspecified atom stereocenters. The lowest BCUT2D eigenvalue weighted by atomic mass is 9.88. The highest BCUT2D eigenvalue weighted by atomic mass is 16.6. The van der Waals surface area contributed by atoms with Gasteiger partial charge in [-0.05, 0) is 69.2 Å². The van der Waals surface area contributed by atoms with E-state index in [0.717, 1.165) is 37.8 Å². The van der Waals surface area contributed by atoms with E-state index in [-0.39, 0.29) is 23.8 Å². The number of ether oxygens (including phenoxy) is 1. The molecule has 3 N–H and O–H groups in total. The lowest BCUT2D eigenvalue weighted by Crippen LogP contribution is -2.62. The molecule has 3 rings (SSSR count). The van der Waals surface area contributed by atoms with Crippen molar-refractivity contribution in [2.45, 2.75) is 84.7 Å². The van der Waals surface area contributed by atoms with E-state index in [1.54, 1.807) is 18.9 Å². The molecule has 9 nitrogen and oxygen atoms in total. The molecule has 1 heterocycles. The van der Waals surface area contributed by atoms with Gasteiger partial charge < -0.3 is 25.6 Å². The first kappa shape index (κ1) is 29.9. The normalized spacial score (nSPS) is 21.5. The predicted octanol–water partition coefficient (Wildman–Crippen LogP) is 3.06. The zero-order valence-electron chi connectivity index (χ0n) is 24.0. The number of carbonyl (C=O) groups is 3. The van der Waals surface area contributed by atoms with Crippen molar-refractivity contribution in [1.29, 1.82) is 0 Å². The van der Waals surface area contributed by atoms with Gasteiger partial charge >= 0.3 is 6.09 Å². The van der Waals surface area contributed by atoms with Crippen molar-refractivity contribution >= 4 is 17.9 Å². The minimum absolute atomic E-state index is 0.108. The fourth-order valence-electron chi connectivity index (χ4n) is 5.11. The highest BCUT2D eigenvalue weighted by Gasteiger charge is 2.38. The second kappa shape index (κ2) is 13.9. The summed E-state index contributed by atoms with van der Waals surface area (Å²) >= 11 is 0. The Bertz CT molecular complexity index is 953. The number of rotatable bonds is 10. The summed E-state index contributed by atoms with van der Waals surface area (Å²) in [5.41, 5.74) is 2.39. The molecule has 9 heteroatoms. The highest BCUT2D eigenvalue weighted by Crippen LogP contribution is 2.29. The summed E-state index contributed by atoms with van der Waals surface area (Å²) in [6, 6.07) is 6.95. The van der Waals surface area contributed by atoms with Crippen molar-refractivity contribution in [3.05, 3.63) is 35.4 Å². The molecule has 0 saturated carbocycles. The van der Waals surface area contributed by atoms with Crippen LogP contribution in [0.1, 0.15) is 71.0 Å². The number of nitrogens with one attached hydrogen (secondary N) is 3. The van der Waals surface area contributed by atoms with Crippen LogP contribution in [-0.2, 0) is 20.7 Å². The van der Waals surface area contributed by atoms with Crippen LogP contribution in [0.4, 0.5) is 4.79 Å². The van der Waals surface area contributed by atoms with Gasteiger partial charge in [0.1, 0.15) is 6.04 Å². The van der Waals surface area contributed by atoms with E-state index >= 15 is 0 Å². The van der Waals surface area contributed by atoms with Gasteiger partial charge in [-0.15, -0.1) is 0 Å². The van der Waals surface area contributed by atoms with Crippen molar-refractivity contribution in [1.82, 2.24) is 25.8 Å². The van der Waals surface area contributed by atoms with Crippen LogP contribution < -0.4 is 16.0 Å². The first-order chi connectivity index (χ1) is 18.1. The summed E-state index contributed by atoms with van der Waals surface area (Å²) in [6.45, 7) is 12.4. The molecule has 1 saturated heterocycles. The SMILES string of the molecule is CN[C@@H](C)C(=O)N[C@H](C(=O)N1CCN(CCC(C)C)C[C@@H]1OC(=O)NC1CCCc2ccccc21)C(C)C. The second-order valence-corrected chi connectivity index (χ2v) is 11.4. The number of piperazine rings is 1. The van der Waals surface area contributed by atoms with Gasteiger partial charge in [0.2, 0.25) is 11.8 Å². The van der Waals surface area contributed by atoms with E-state index in [4.69, 9.17) is 4.74 Å². The fourth-order valence-corrected chi connectivity index (χ4v) is 5.11. The van der Waals surface area contributed by atoms with Gasteiger partial charge in [0.15, 0.2) is 6.23 Å². The standard InChI is InChI=1S/C29H47N5O4/c1-19(2)14-15-33-16-17-34(28(36)26(20(3)4)32-27(35)21(5)30-6)25(18-33)38-29(37)31-24-13-9-11-22-10-7-8-12-23(22)24/h7-8,10,12,19-21,24-26,30H,9,11,13-18H2,1-6H3,(H,31,37)(H,32,35)/t21-,24?,25-,26-/m0/s1. The smallest absolute Gasteiger partial charge is 0.409 e. The molecule has 3 amide bonds. The monoisotopic (exact) mass is 529 g/mol. The molecule has 4 atom stereocenters. The van der Waals surface area contributed by atoms with Gasteiger partial charge in [0, 0.05) is 13.1 Å². The molecule has 0 radical (unpaired) electrons. The number of aryl methyl sites for hydroxylation is 1. The Balaban J connectivity index is 1.74. The van der Waals surface area contributed by atoms with E-state index in [1.165, 1.54) is 5.56 Å². The maximum Gasteiger partial charge on any atom is 0.409 e. The third kappa shape index (κ3) is 7.93. The summed E-state index contributed by atoms with van der Waals surface area (Å²) < 4.78 is 5.97. The molecule has 2 aliphatic rings. The predicted molar refractivity (Wildman–Crippen MR) is 148 cm³/mol. The van der Waals surface area contributed by atoms with Crippen molar-refractivity contribution in [3.63, 3.8) is 0 Å². The highest BCUT2D eigenvalue weighted by molar-refractivity contribution is 5.90. The second-order valence-electron chi connectivity index (χ2n) is 11.4. The van der Waals surface area contributed by atoms with Crippen LogP contribution in [0.5, 0.6) is 0 Å². The number of nitrogens with zero attached hydrogens (tertiary/aromatic N) is 2. The van der Waals surface area contributed by atoms with Gasteiger partial charge in [0.25, 0.3) is 0 Å². The summed E-state index contributed by atoms with van der Waals surface area (Å²) in [6.07, 6.45) is 2.63. The van der Waals surface area contributed by atoms with Crippen molar-refractivity contribution < 1.29 is 19.1 Å². The number of benzene rings is 1. The summed E-state index contributed by atoms with van der Waals surface area (Å²) in [7, 11) is 1.71. The molecule has 0 spiro atoms. The first-order valence-corrected chi connectivity index (χ1v) is 14.2. The van der Waals surface area contributed by atoms with Crippen molar-refractivity contribution in [3.8, 4) is 0 Å². The molecule has 212 valence electrons. The van der Waals surface area contributed by atoms with E-state index in [2.05, 4.69) is 46.8 Å². The van der Waals surface area contributed by atoms with Crippen LogP contribution >= 0.6 is 0 Å². The molecule has 1 aliphatic heterocycles. The van der Waals surface area contributed by atoms with Crippen LogP contribution in [0.25, 0.3) is 0 Å². The zero-order valence-corrected chi connectivity index (χ0v) is 24.0. The molecule has 0 aromatic heterocycles. The Labute approximate surface area is 228 Å². The van der Waals surface area contributed by atoms with Crippen LogP contribution in [0, 0.1) is 11.8 Å². The van der Waals surface area contributed by atoms with Crippen LogP contribution in [-0.4, -0.2) is 79.2 Å². The average molecular weight is 530 g/mol. The Morgan fingerprint density at radius 3 is 2.50 bits per heavy atom. The average Bonchev–Trinajstić information content (AvgIpc) is 2.89. The van der Waals surface area contributed by atoms with Crippen LogP contribution in [0.3, 0.4) is 0 Å². The largest absolute Gasteiger partial charge is 0.424 e. The molecule has 1 aromatic rings. The van der Waals surface area contributed by atoms with E-state index in [1.807, 2.05) is 26.0 Å². The number of fused-ring (bicyclic) bond motifs is 1. The topological polar surface area (TPSA) is 103 Å². The molecule has 1 fully saturated rings. The Morgan fingerprint density at radius 1 is 1.08 bits per heavy atom. The van der Waals surface area contributed by atoms with Gasteiger partial charge in [-0.25, -0.2) is 4.79 Å². The zero-order chi connectivity index (χ0) is 27.8. The number of hydrogen-bond donors (Lipinski definition) is 3. The summed E-state index contributed by atoms with van der Waals surface area (Å²) in [5.74, 6) is -0.0247.